The zero-order chi connectivity index (χ0) is 12.3. The van der Waals surface area contributed by atoms with E-state index in [1.54, 1.807) is 18.2 Å². The lowest BCUT2D eigenvalue weighted by Gasteiger charge is -2.04. The summed E-state index contributed by atoms with van der Waals surface area (Å²) in [6.07, 6.45) is 3.44. The number of hydrogen-bond acceptors (Lipinski definition) is 2. The molecule has 1 aliphatic carbocycles. The summed E-state index contributed by atoms with van der Waals surface area (Å²) in [5.74, 6) is 1.38. The van der Waals surface area contributed by atoms with Crippen LogP contribution in [0.25, 0.3) is 0 Å². The van der Waals surface area contributed by atoms with Gasteiger partial charge in [0.05, 0.1) is 12.2 Å². The summed E-state index contributed by atoms with van der Waals surface area (Å²) in [7, 11) is 0. The molecule has 2 unspecified atom stereocenters. The molecule has 17 heavy (non-hydrogen) atoms. The van der Waals surface area contributed by atoms with Gasteiger partial charge < -0.3 is 4.74 Å². The highest BCUT2D eigenvalue weighted by Gasteiger charge is 2.31. The summed E-state index contributed by atoms with van der Waals surface area (Å²) in [6.45, 7) is 2.75. The van der Waals surface area contributed by atoms with Crippen LogP contribution >= 0.6 is 11.6 Å². The van der Waals surface area contributed by atoms with Gasteiger partial charge in [-0.15, -0.1) is 0 Å². The van der Waals surface area contributed by atoms with Crippen LogP contribution < -0.4 is 0 Å². The molecule has 1 radical (unpaired) electrons. The SMILES string of the molecule is CC1CC1CCCOC(=O)c1[c]ccc(Cl)c1. The number of carbonyl (C=O) groups is 1. The van der Waals surface area contributed by atoms with Crippen molar-refractivity contribution < 1.29 is 9.53 Å². The Kier molecular flexibility index (Phi) is 4.06. The fourth-order valence-electron chi connectivity index (χ4n) is 1.95. The van der Waals surface area contributed by atoms with E-state index in [4.69, 9.17) is 16.3 Å². The average Bonchev–Trinajstić information content (AvgIpc) is 3.00. The van der Waals surface area contributed by atoms with Gasteiger partial charge in [-0.25, -0.2) is 4.79 Å². The summed E-state index contributed by atoms with van der Waals surface area (Å²) in [6, 6.07) is 7.71. The number of rotatable bonds is 5. The average molecular weight is 252 g/mol. The molecule has 1 aromatic rings. The number of benzene rings is 1. The zero-order valence-electron chi connectivity index (χ0n) is 9.91. The van der Waals surface area contributed by atoms with Gasteiger partial charge in [0.25, 0.3) is 0 Å². The van der Waals surface area contributed by atoms with E-state index in [9.17, 15) is 4.79 Å². The molecule has 3 heteroatoms. The van der Waals surface area contributed by atoms with Crippen molar-refractivity contribution in [3.63, 3.8) is 0 Å². The second-order valence-corrected chi connectivity index (χ2v) is 5.11. The van der Waals surface area contributed by atoms with Crippen LogP contribution in [0.1, 0.15) is 36.5 Å². The van der Waals surface area contributed by atoms with Crippen LogP contribution in [0, 0.1) is 17.9 Å². The van der Waals surface area contributed by atoms with E-state index in [1.807, 2.05) is 0 Å². The van der Waals surface area contributed by atoms with Crippen LogP contribution in [0.3, 0.4) is 0 Å². The minimum atomic E-state index is -0.337. The third kappa shape index (κ3) is 3.74. The highest BCUT2D eigenvalue weighted by atomic mass is 35.5. The maximum absolute atomic E-state index is 11.6. The molecule has 0 aromatic heterocycles. The Bertz CT molecular complexity index is 403. The van der Waals surface area contributed by atoms with E-state index >= 15 is 0 Å². The number of esters is 1. The first-order valence-corrected chi connectivity index (χ1v) is 6.39. The van der Waals surface area contributed by atoms with Crippen LogP contribution in [0.5, 0.6) is 0 Å². The number of ether oxygens (including phenoxy) is 1. The molecule has 0 saturated heterocycles. The maximum Gasteiger partial charge on any atom is 0.338 e. The molecule has 0 N–H and O–H groups in total. The molecule has 2 nitrogen and oxygen atoms in total. The molecule has 1 aliphatic rings. The molecule has 0 bridgehead atoms. The minimum absolute atomic E-state index is 0.337. The topological polar surface area (TPSA) is 26.3 Å². The van der Waals surface area contributed by atoms with Crippen molar-refractivity contribution in [1.82, 2.24) is 0 Å². The van der Waals surface area contributed by atoms with Crippen molar-refractivity contribution in [2.75, 3.05) is 6.61 Å². The smallest absolute Gasteiger partial charge is 0.338 e. The highest BCUT2D eigenvalue weighted by molar-refractivity contribution is 6.30. The van der Waals surface area contributed by atoms with Gasteiger partial charge in [0.2, 0.25) is 0 Å². The molecule has 0 spiro atoms. The standard InChI is InChI=1S/C14H16ClO2/c1-10-8-11(10)5-3-7-17-14(16)12-4-2-6-13(15)9-12/h2,6,9-11H,3,5,7-8H2,1H3. The molecule has 0 aliphatic heterocycles. The first-order chi connectivity index (χ1) is 8.16. The Morgan fingerprint density at radius 2 is 2.41 bits per heavy atom. The summed E-state index contributed by atoms with van der Waals surface area (Å²) in [5, 5.41) is 0.530. The van der Waals surface area contributed by atoms with Crippen molar-refractivity contribution in [3.05, 3.63) is 34.9 Å². The van der Waals surface area contributed by atoms with Crippen molar-refractivity contribution in [2.45, 2.75) is 26.2 Å². The van der Waals surface area contributed by atoms with Crippen molar-refractivity contribution in [2.24, 2.45) is 11.8 Å². The predicted octanol–water partition coefficient (Wildman–Crippen LogP) is 3.73. The van der Waals surface area contributed by atoms with Crippen LogP contribution in [-0.4, -0.2) is 12.6 Å². The largest absolute Gasteiger partial charge is 0.462 e. The summed E-state index contributed by atoms with van der Waals surface area (Å²) < 4.78 is 5.17. The summed E-state index contributed by atoms with van der Waals surface area (Å²) in [4.78, 5) is 11.6. The first-order valence-electron chi connectivity index (χ1n) is 6.01. The number of halogens is 1. The lowest BCUT2D eigenvalue weighted by atomic mass is 10.2. The Labute approximate surface area is 107 Å². The van der Waals surface area contributed by atoms with Crippen molar-refractivity contribution in [1.29, 1.82) is 0 Å². The fourth-order valence-corrected chi connectivity index (χ4v) is 2.12. The Morgan fingerprint density at radius 3 is 3.06 bits per heavy atom. The van der Waals surface area contributed by atoms with E-state index in [0.717, 1.165) is 24.7 Å². The van der Waals surface area contributed by atoms with Crippen LogP contribution in [-0.2, 0) is 4.74 Å². The molecular weight excluding hydrogens is 236 g/mol. The predicted molar refractivity (Wildman–Crippen MR) is 67.1 cm³/mol. The second-order valence-electron chi connectivity index (χ2n) is 4.67. The highest BCUT2D eigenvalue weighted by Crippen LogP contribution is 2.41. The molecule has 1 aromatic carbocycles. The summed E-state index contributed by atoms with van der Waals surface area (Å²) >= 11 is 5.79. The van der Waals surface area contributed by atoms with Gasteiger partial charge in [0, 0.05) is 5.02 Å². The normalized spacial score (nSPS) is 22.2. The van der Waals surface area contributed by atoms with Gasteiger partial charge in [-0.3, -0.25) is 0 Å². The molecule has 1 fully saturated rings. The van der Waals surface area contributed by atoms with Crippen molar-refractivity contribution in [3.8, 4) is 0 Å². The van der Waals surface area contributed by atoms with E-state index in [0.29, 0.717) is 17.2 Å². The van der Waals surface area contributed by atoms with Gasteiger partial charge in [0.15, 0.2) is 0 Å². The fraction of sp³-hybridized carbons (Fsp3) is 0.500. The lowest BCUT2D eigenvalue weighted by Crippen LogP contribution is -2.06. The zero-order valence-corrected chi connectivity index (χ0v) is 10.7. The van der Waals surface area contributed by atoms with Gasteiger partial charge >= 0.3 is 5.97 Å². The van der Waals surface area contributed by atoms with Gasteiger partial charge in [-0.1, -0.05) is 24.6 Å². The van der Waals surface area contributed by atoms with Crippen molar-refractivity contribution >= 4 is 17.6 Å². The van der Waals surface area contributed by atoms with Gasteiger partial charge in [0.1, 0.15) is 0 Å². The minimum Gasteiger partial charge on any atom is -0.462 e. The Balaban J connectivity index is 1.70. The quantitative estimate of drug-likeness (QED) is 0.589. The molecule has 2 atom stereocenters. The molecule has 0 heterocycles. The molecule has 0 amide bonds. The lowest BCUT2D eigenvalue weighted by molar-refractivity contribution is 0.0496. The van der Waals surface area contributed by atoms with E-state index < -0.39 is 0 Å². The number of hydrogen-bond donors (Lipinski definition) is 0. The number of carbonyl (C=O) groups excluding carboxylic acids is 1. The maximum atomic E-state index is 11.6. The molecule has 2 rings (SSSR count). The third-order valence-corrected chi connectivity index (χ3v) is 3.45. The summed E-state index contributed by atoms with van der Waals surface area (Å²) in [5.41, 5.74) is 0.400. The third-order valence-electron chi connectivity index (χ3n) is 3.21. The van der Waals surface area contributed by atoms with Crippen LogP contribution in [0.4, 0.5) is 0 Å². The monoisotopic (exact) mass is 251 g/mol. The van der Waals surface area contributed by atoms with Gasteiger partial charge in [-0.05, 0) is 49.3 Å². The molecular formula is C14H16ClO2. The Morgan fingerprint density at radius 1 is 1.65 bits per heavy atom. The van der Waals surface area contributed by atoms with Crippen LogP contribution in [0.2, 0.25) is 5.02 Å². The van der Waals surface area contributed by atoms with E-state index in [-0.39, 0.29) is 5.97 Å². The van der Waals surface area contributed by atoms with Crippen LogP contribution in [0.15, 0.2) is 18.2 Å². The second kappa shape index (κ2) is 5.54. The molecule has 91 valence electrons. The first kappa shape index (κ1) is 12.4. The van der Waals surface area contributed by atoms with E-state index in [1.165, 1.54) is 6.42 Å². The van der Waals surface area contributed by atoms with Gasteiger partial charge in [-0.2, -0.15) is 0 Å². The molecule has 1 saturated carbocycles. The van der Waals surface area contributed by atoms with E-state index in [2.05, 4.69) is 13.0 Å². The Hall–Kier alpha value is -1.02.